The highest BCUT2D eigenvalue weighted by Gasteiger charge is 2.21. The molecule has 0 heterocycles. The number of benzene rings is 1. The molecule has 4 nitrogen and oxygen atoms in total. The van der Waals surface area contributed by atoms with Gasteiger partial charge in [0.15, 0.2) is 0 Å². The van der Waals surface area contributed by atoms with E-state index in [9.17, 15) is 9.59 Å². The molecule has 2 N–H and O–H groups in total. The summed E-state index contributed by atoms with van der Waals surface area (Å²) < 4.78 is 0. The Morgan fingerprint density at radius 3 is 2.40 bits per heavy atom. The maximum absolute atomic E-state index is 12.3. The van der Waals surface area contributed by atoms with Crippen molar-refractivity contribution in [2.45, 2.75) is 65.2 Å². The van der Waals surface area contributed by atoms with Gasteiger partial charge in [0.2, 0.25) is 11.8 Å². The lowest BCUT2D eigenvalue weighted by Crippen LogP contribution is -2.28. The van der Waals surface area contributed by atoms with Gasteiger partial charge in [-0.25, -0.2) is 0 Å². The van der Waals surface area contributed by atoms with E-state index in [0.29, 0.717) is 25.4 Å². The maximum Gasteiger partial charge on any atom is 0.220 e. The molecular formula is C21H32N2O2. The van der Waals surface area contributed by atoms with Gasteiger partial charge in [0, 0.05) is 26.4 Å². The molecule has 1 unspecified atom stereocenters. The summed E-state index contributed by atoms with van der Waals surface area (Å²) in [6.45, 7) is 7.26. The first kappa shape index (κ1) is 19.5. The third kappa shape index (κ3) is 6.18. The van der Waals surface area contributed by atoms with E-state index in [1.165, 1.54) is 42.9 Å². The Hall–Kier alpha value is -1.84. The van der Waals surface area contributed by atoms with Crippen molar-refractivity contribution in [3.8, 4) is 0 Å². The van der Waals surface area contributed by atoms with Gasteiger partial charge in [0.05, 0.1) is 0 Å². The molecule has 0 saturated carbocycles. The quantitative estimate of drug-likeness (QED) is 0.675. The number of carbonyl (C=O) groups excluding carboxylic acids is 2. The zero-order valence-corrected chi connectivity index (χ0v) is 15.9. The van der Waals surface area contributed by atoms with Crippen LogP contribution in [0.15, 0.2) is 18.2 Å². The van der Waals surface area contributed by atoms with Crippen molar-refractivity contribution in [3.05, 3.63) is 34.9 Å². The number of carbonyl (C=O) groups is 2. The highest BCUT2D eigenvalue weighted by molar-refractivity contribution is 5.77. The lowest BCUT2D eigenvalue weighted by Gasteiger charge is -2.22. The molecule has 1 aliphatic rings. The van der Waals surface area contributed by atoms with Crippen LogP contribution < -0.4 is 10.6 Å². The Bertz CT molecular complexity index is 596. The second-order valence-electron chi connectivity index (χ2n) is 7.48. The molecule has 4 heteroatoms. The number of amides is 2. The topological polar surface area (TPSA) is 58.2 Å². The van der Waals surface area contributed by atoms with E-state index >= 15 is 0 Å². The molecule has 1 aliphatic carbocycles. The van der Waals surface area contributed by atoms with Crippen molar-refractivity contribution in [1.29, 1.82) is 0 Å². The summed E-state index contributed by atoms with van der Waals surface area (Å²) in [6.07, 6.45) is 5.94. The summed E-state index contributed by atoms with van der Waals surface area (Å²) in [6, 6.07) is 6.80. The minimum absolute atomic E-state index is 0.00171. The van der Waals surface area contributed by atoms with Crippen molar-refractivity contribution in [2.75, 3.05) is 13.1 Å². The van der Waals surface area contributed by atoms with Gasteiger partial charge in [-0.3, -0.25) is 9.59 Å². The molecule has 0 spiro atoms. The van der Waals surface area contributed by atoms with Crippen molar-refractivity contribution >= 4 is 11.8 Å². The van der Waals surface area contributed by atoms with Crippen LogP contribution >= 0.6 is 0 Å². The van der Waals surface area contributed by atoms with Gasteiger partial charge in [0.1, 0.15) is 0 Å². The number of aryl methyl sites for hydroxylation is 2. The molecular weight excluding hydrogens is 312 g/mol. The van der Waals surface area contributed by atoms with E-state index in [2.05, 4.69) is 42.7 Å². The van der Waals surface area contributed by atoms with Crippen LogP contribution in [-0.2, 0) is 22.4 Å². The highest BCUT2D eigenvalue weighted by Crippen LogP contribution is 2.32. The predicted octanol–water partition coefficient (Wildman–Crippen LogP) is 3.34. The zero-order valence-electron chi connectivity index (χ0n) is 15.9. The van der Waals surface area contributed by atoms with Crippen LogP contribution in [-0.4, -0.2) is 24.9 Å². The predicted molar refractivity (Wildman–Crippen MR) is 102 cm³/mol. The van der Waals surface area contributed by atoms with Crippen LogP contribution in [0.5, 0.6) is 0 Å². The number of hydrogen-bond donors (Lipinski definition) is 2. The number of nitrogens with one attached hydrogen (secondary N) is 2. The molecule has 1 aromatic carbocycles. The molecule has 0 fully saturated rings. The summed E-state index contributed by atoms with van der Waals surface area (Å²) >= 11 is 0. The van der Waals surface area contributed by atoms with Gasteiger partial charge in [-0.1, -0.05) is 32.0 Å². The number of fused-ring (bicyclic) bond motifs is 1. The fourth-order valence-electron chi connectivity index (χ4n) is 3.57. The first-order valence-electron chi connectivity index (χ1n) is 9.60. The van der Waals surface area contributed by atoms with Gasteiger partial charge >= 0.3 is 0 Å². The SMILES string of the molecule is CC(=O)NCCCCNC(=O)CC(c1ccc2c(c1)CCC2)C(C)C. The second-order valence-corrected chi connectivity index (χ2v) is 7.48. The van der Waals surface area contributed by atoms with Crippen LogP contribution in [0, 0.1) is 5.92 Å². The van der Waals surface area contributed by atoms with E-state index in [0.717, 1.165) is 12.8 Å². The fourth-order valence-corrected chi connectivity index (χ4v) is 3.57. The molecule has 0 aromatic heterocycles. The van der Waals surface area contributed by atoms with Crippen molar-refractivity contribution in [1.82, 2.24) is 10.6 Å². The largest absolute Gasteiger partial charge is 0.356 e. The summed E-state index contributed by atoms with van der Waals surface area (Å²) in [5.74, 6) is 0.826. The Labute approximate surface area is 151 Å². The minimum Gasteiger partial charge on any atom is -0.356 e. The van der Waals surface area contributed by atoms with Gasteiger partial charge in [-0.05, 0) is 60.6 Å². The summed E-state index contributed by atoms with van der Waals surface area (Å²) in [5, 5.41) is 5.80. The van der Waals surface area contributed by atoms with Crippen molar-refractivity contribution in [2.24, 2.45) is 5.92 Å². The van der Waals surface area contributed by atoms with Gasteiger partial charge in [-0.15, -0.1) is 0 Å². The smallest absolute Gasteiger partial charge is 0.220 e. The Morgan fingerprint density at radius 1 is 1.04 bits per heavy atom. The summed E-state index contributed by atoms with van der Waals surface area (Å²) in [7, 11) is 0. The second kappa shape index (κ2) is 9.59. The van der Waals surface area contributed by atoms with E-state index in [1.807, 2.05) is 0 Å². The van der Waals surface area contributed by atoms with Crippen LogP contribution in [0.1, 0.15) is 69.1 Å². The molecule has 138 valence electrons. The number of rotatable bonds is 9. The average Bonchev–Trinajstić information content (AvgIpc) is 3.02. The molecule has 25 heavy (non-hydrogen) atoms. The molecule has 2 rings (SSSR count). The fraction of sp³-hybridized carbons (Fsp3) is 0.619. The average molecular weight is 344 g/mol. The van der Waals surface area contributed by atoms with E-state index < -0.39 is 0 Å². The molecule has 1 atom stereocenters. The van der Waals surface area contributed by atoms with E-state index in [1.54, 1.807) is 0 Å². The zero-order chi connectivity index (χ0) is 18.2. The molecule has 1 aromatic rings. The number of unbranched alkanes of at least 4 members (excludes halogenated alkanes) is 1. The van der Waals surface area contributed by atoms with Crippen molar-refractivity contribution < 1.29 is 9.59 Å². The van der Waals surface area contributed by atoms with Crippen LogP contribution in [0.3, 0.4) is 0 Å². The summed E-state index contributed by atoms with van der Waals surface area (Å²) in [4.78, 5) is 23.1. The van der Waals surface area contributed by atoms with Gasteiger partial charge < -0.3 is 10.6 Å². The molecule has 0 saturated heterocycles. The third-order valence-electron chi connectivity index (χ3n) is 5.06. The normalized spacial score (nSPS) is 14.2. The lowest BCUT2D eigenvalue weighted by atomic mass is 9.84. The standard InChI is InChI=1S/C21H32N2O2/c1-15(2)20(19-10-9-17-7-6-8-18(17)13-19)14-21(25)23-12-5-4-11-22-16(3)24/h9-10,13,15,20H,4-8,11-12,14H2,1-3H3,(H,22,24)(H,23,25). The Morgan fingerprint density at radius 2 is 1.72 bits per heavy atom. The molecule has 0 radical (unpaired) electrons. The first-order valence-corrected chi connectivity index (χ1v) is 9.60. The third-order valence-corrected chi connectivity index (χ3v) is 5.06. The lowest BCUT2D eigenvalue weighted by molar-refractivity contribution is -0.122. The highest BCUT2D eigenvalue weighted by atomic mass is 16.2. The summed E-state index contributed by atoms with van der Waals surface area (Å²) in [5.41, 5.74) is 4.26. The maximum atomic E-state index is 12.3. The molecule has 0 aliphatic heterocycles. The van der Waals surface area contributed by atoms with Crippen LogP contribution in [0.4, 0.5) is 0 Å². The van der Waals surface area contributed by atoms with Crippen LogP contribution in [0.2, 0.25) is 0 Å². The van der Waals surface area contributed by atoms with Crippen molar-refractivity contribution in [3.63, 3.8) is 0 Å². The molecule has 2 amide bonds. The van der Waals surface area contributed by atoms with Gasteiger partial charge in [-0.2, -0.15) is 0 Å². The van der Waals surface area contributed by atoms with E-state index in [-0.39, 0.29) is 17.7 Å². The minimum atomic E-state index is -0.00171. The monoisotopic (exact) mass is 344 g/mol. The first-order chi connectivity index (χ1) is 12.0. The molecule has 0 bridgehead atoms. The van der Waals surface area contributed by atoms with Crippen LogP contribution in [0.25, 0.3) is 0 Å². The van der Waals surface area contributed by atoms with Gasteiger partial charge in [0.25, 0.3) is 0 Å². The number of hydrogen-bond acceptors (Lipinski definition) is 2. The Balaban J connectivity index is 1.81. The van der Waals surface area contributed by atoms with E-state index in [4.69, 9.17) is 0 Å². The Kier molecular flexibility index (Phi) is 7.48.